The zero-order valence-corrected chi connectivity index (χ0v) is 17.1. The van der Waals surface area contributed by atoms with Crippen LogP contribution in [0, 0.1) is 0 Å². The first-order chi connectivity index (χ1) is 14.8. The van der Waals surface area contributed by atoms with Gasteiger partial charge >= 0.3 is 0 Å². The Kier molecular flexibility index (Phi) is 5.03. The highest BCUT2D eigenvalue weighted by Crippen LogP contribution is 2.28. The lowest BCUT2D eigenvalue weighted by molar-refractivity contribution is 0.313. The lowest BCUT2D eigenvalue weighted by Gasteiger charge is -2.34. The molecule has 1 saturated heterocycles. The third-order valence-electron chi connectivity index (χ3n) is 5.76. The summed E-state index contributed by atoms with van der Waals surface area (Å²) in [6, 6.07) is 23.4. The van der Waals surface area contributed by atoms with Crippen LogP contribution in [0.25, 0.3) is 28.1 Å². The molecule has 5 rings (SSSR count). The average Bonchev–Trinajstić information content (AvgIpc) is 3.30. The molecule has 30 heavy (non-hydrogen) atoms. The van der Waals surface area contributed by atoms with Gasteiger partial charge in [0.25, 0.3) is 0 Å². The maximum Gasteiger partial charge on any atom is 0.0741 e. The average molecular weight is 396 g/mol. The van der Waals surface area contributed by atoms with E-state index in [-0.39, 0.29) is 0 Å². The fraction of sp³-hybridized carbons (Fsp3) is 0.200. The lowest BCUT2D eigenvalue weighted by Crippen LogP contribution is -2.44. The van der Waals surface area contributed by atoms with Crippen LogP contribution in [0.3, 0.4) is 0 Å². The summed E-state index contributed by atoms with van der Waals surface area (Å²) in [5.41, 5.74) is 6.82. The lowest BCUT2D eigenvalue weighted by atomic mass is 10.0. The van der Waals surface area contributed by atoms with Crippen molar-refractivity contribution in [2.24, 2.45) is 0 Å². The molecular formula is C25H25N5. The monoisotopic (exact) mass is 395 g/mol. The van der Waals surface area contributed by atoms with E-state index in [2.05, 4.69) is 87.6 Å². The van der Waals surface area contributed by atoms with Gasteiger partial charge in [0.15, 0.2) is 0 Å². The second-order valence-electron chi connectivity index (χ2n) is 7.76. The summed E-state index contributed by atoms with van der Waals surface area (Å²) in [6.45, 7) is 4.37. The maximum absolute atomic E-state index is 4.60. The summed E-state index contributed by atoms with van der Waals surface area (Å²) in [5.74, 6) is 0. The summed E-state index contributed by atoms with van der Waals surface area (Å²) in [5, 5.41) is 4.60. The molecule has 5 heteroatoms. The molecule has 0 atom stereocenters. The minimum atomic E-state index is 1.07. The van der Waals surface area contributed by atoms with E-state index in [1.807, 2.05) is 23.1 Å². The Morgan fingerprint density at radius 1 is 0.700 bits per heavy atom. The van der Waals surface area contributed by atoms with Crippen LogP contribution in [0.1, 0.15) is 0 Å². The Labute approximate surface area is 177 Å². The van der Waals surface area contributed by atoms with Gasteiger partial charge in [-0.1, -0.05) is 24.3 Å². The van der Waals surface area contributed by atoms with Gasteiger partial charge in [0.05, 0.1) is 17.6 Å². The molecule has 1 aliphatic heterocycles. The van der Waals surface area contributed by atoms with Gasteiger partial charge in [-0.25, -0.2) is 4.68 Å². The van der Waals surface area contributed by atoms with E-state index in [4.69, 9.17) is 0 Å². The molecule has 2 aromatic carbocycles. The SMILES string of the molecule is CN1CCN(c2ccc(-n3nccc3-c3cccc(-c4cccnc4)c3)cc2)CC1. The van der Waals surface area contributed by atoms with Gasteiger partial charge in [0.2, 0.25) is 0 Å². The molecule has 0 radical (unpaired) electrons. The van der Waals surface area contributed by atoms with Crippen molar-refractivity contribution in [1.82, 2.24) is 19.7 Å². The van der Waals surface area contributed by atoms with Gasteiger partial charge in [-0.05, 0) is 55.1 Å². The summed E-state index contributed by atoms with van der Waals surface area (Å²) in [6.07, 6.45) is 5.56. The largest absolute Gasteiger partial charge is 0.369 e. The Balaban J connectivity index is 1.43. The van der Waals surface area contributed by atoms with Crippen molar-refractivity contribution < 1.29 is 0 Å². The molecule has 1 fully saturated rings. The molecule has 5 nitrogen and oxygen atoms in total. The Morgan fingerprint density at radius 2 is 1.43 bits per heavy atom. The van der Waals surface area contributed by atoms with Crippen LogP contribution in [-0.4, -0.2) is 52.9 Å². The Bertz CT molecular complexity index is 1110. The van der Waals surface area contributed by atoms with Crippen molar-refractivity contribution in [2.45, 2.75) is 0 Å². The van der Waals surface area contributed by atoms with Crippen molar-refractivity contribution in [3.05, 3.63) is 85.3 Å². The minimum absolute atomic E-state index is 1.07. The number of pyridine rings is 1. The summed E-state index contributed by atoms with van der Waals surface area (Å²) in [4.78, 5) is 9.07. The van der Waals surface area contributed by atoms with Crippen LogP contribution >= 0.6 is 0 Å². The number of aromatic nitrogens is 3. The molecule has 150 valence electrons. The highest BCUT2D eigenvalue weighted by molar-refractivity contribution is 5.72. The second kappa shape index (κ2) is 8.13. The van der Waals surface area contributed by atoms with Crippen molar-refractivity contribution in [3.63, 3.8) is 0 Å². The van der Waals surface area contributed by atoms with Crippen molar-refractivity contribution in [2.75, 3.05) is 38.1 Å². The highest BCUT2D eigenvalue weighted by atomic mass is 15.3. The number of benzene rings is 2. The smallest absolute Gasteiger partial charge is 0.0741 e. The molecule has 0 aliphatic carbocycles. The predicted molar refractivity (Wildman–Crippen MR) is 122 cm³/mol. The van der Waals surface area contributed by atoms with E-state index in [9.17, 15) is 0 Å². The van der Waals surface area contributed by atoms with Crippen LogP contribution in [0.15, 0.2) is 85.3 Å². The van der Waals surface area contributed by atoms with E-state index in [1.54, 1.807) is 6.20 Å². The van der Waals surface area contributed by atoms with Crippen molar-refractivity contribution in [1.29, 1.82) is 0 Å². The molecule has 0 unspecified atom stereocenters. The van der Waals surface area contributed by atoms with Crippen LogP contribution in [0.5, 0.6) is 0 Å². The molecule has 0 amide bonds. The molecule has 0 saturated carbocycles. The normalized spacial score (nSPS) is 14.8. The van der Waals surface area contributed by atoms with Crippen LogP contribution in [0.2, 0.25) is 0 Å². The van der Waals surface area contributed by atoms with Gasteiger partial charge in [-0.3, -0.25) is 4.98 Å². The summed E-state index contributed by atoms with van der Waals surface area (Å²) < 4.78 is 2.01. The van der Waals surface area contributed by atoms with Crippen molar-refractivity contribution >= 4 is 5.69 Å². The molecular weight excluding hydrogens is 370 g/mol. The Hall–Kier alpha value is -3.44. The number of anilines is 1. The quantitative estimate of drug-likeness (QED) is 0.515. The molecule has 1 aliphatic rings. The van der Waals surface area contributed by atoms with Crippen LogP contribution in [0.4, 0.5) is 5.69 Å². The van der Waals surface area contributed by atoms with Gasteiger partial charge in [0.1, 0.15) is 0 Å². The van der Waals surface area contributed by atoms with Crippen LogP contribution in [-0.2, 0) is 0 Å². The number of hydrogen-bond acceptors (Lipinski definition) is 4. The zero-order chi connectivity index (χ0) is 20.3. The molecule has 4 aromatic rings. The molecule has 3 heterocycles. The zero-order valence-electron chi connectivity index (χ0n) is 17.1. The number of likely N-dealkylation sites (N-methyl/N-ethyl adjacent to an activating group) is 1. The first-order valence-corrected chi connectivity index (χ1v) is 10.4. The van der Waals surface area contributed by atoms with E-state index in [0.717, 1.165) is 54.3 Å². The van der Waals surface area contributed by atoms with E-state index in [0.29, 0.717) is 0 Å². The van der Waals surface area contributed by atoms with Gasteiger partial charge in [-0.2, -0.15) is 5.10 Å². The van der Waals surface area contributed by atoms with E-state index >= 15 is 0 Å². The van der Waals surface area contributed by atoms with Gasteiger partial charge in [0, 0.05) is 55.4 Å². The first-order valence-electron chi connectivity index (χ1n) is 10.4. The molecule has 0 bridgehead atoms. The first kappa shape index (κ1) is 18.6. The third kappa shape index (κ3) is 3.72. The molecule has 0 spiro atoms. The Morgan fingerprint density at radius 3 is 2.20 bits per heavy atom. The second-order valence-corrected chi connectivity index (χ2v) is 7.76. The van der Waals surface area contributed by atoms with E-state index < -0.39 is 0 Å². The maximum atomic E-state index is 4.60. The van der Waals surface area contributed by atoms with Gasteiger partial charge < -0.3 is 9.80 Å². The standard InChI is InChI=1S/C25H25N5/c1-28-14-16-29(17-15-28)23-7-9-24(10-8-23)30-25(11-13-27-30)21-5-2-4-20(18-21)22-6-3-12-26-19-22/h2-13,18-19H,14-17H2,1H3. The number of nitrogens with zero attached hydrogens (tertiary/aromatic N) is 5. The van der Waals surface area contributed by atoms with Crippen molar-refractivity contribution in [3.8, 4) is 28.1 Å². The van der Waals surface area contributed by atoms with Crippen LogP contribution < -0.4 is 4.90 Å². The molecule has 0 N–H and O–H groups in total. The fourth-order valence-electron chi connectivity index (χ4n) is 3.99. The minimum Gasteiger partial charge on any atom is -0.369 e. The fourth-order valence-corrected chi connectivity index (χ4v) is 3.99. The number of piperazine rings is 1. The van der Waals surface area contributed by atoms with Gasteiger partial charge in [-0.15, -0.1) is 0 Å². The third-order valence-corrected chi connectivity index (χ3v) is 5.76. The summed E-state index contributed by atoms with van der Waals surface area (Å²) >= 11 is 0. The predicted octanol–water partition coefficient (Wildman–Crippen LogP) is 4.35. The number of hydrogen-bond donors (Lipinski definition) is 0. The number of rotatable bonds is 4. The topological polar surface area (TPSA) is 37.2 Å². The summed E-state index contributed by atoms with van der Waals surface area (Å²) in [7, 11) is 2.18. The molecule has 2 aromatic heterocycles. The highest BCUT2D eigenvalue weighted by Gasteiger charge is 2.15. The van der Waals surface area contributed by atoms with E-state index in [1.165, 1.54) is 5.69 Å².